The van der Waals surface area contributed by atoms with Gasteiger partial charge in [0.25, 0.3) is 5.91 Å². The maximum atomic E-state index is 12.6. The minimum absolute atomic E-state index is 0.0300. The number of carbonyl (C=O) groups excluding carboxylic acids is 1. The van der Waals surface area contributed by atoms with E-state index in [1.165, 1.54) is 13.2 Å². The number of nitrogens with one attached hydrogen (secondary N) is 1. The van der Waals surface area contributed by atoms with Crippen molar-refractivity contribution in [3.05, 3.63) is 53.1 Å². The molecule has 1 N–H and O–H groups in total. The highest BCUT2D eigenvalue weighted by atomic mass is 32.3. The van der Waals surface area contributed by atoms with Crippen LogP contribution in [0.25, 0.3) is 6.08 Å². The van der Waals surface area contributed by atoms with Crippen LogP contribution >= 0.6 is 11.8 Å². The highest BCUT2D eigenvalue weighted by molar-refractivity contribution is 8.42. The number of amidine groups is 2. The van der Waals surface area contributed by atoms with Crippen molar-refractivity contribution in [2.75, 3.05) is 20.2 Å². The summed E-state index contributed by atoms with van der Waals surface area (Å²) >= 11 is 0.733. The number of rotatable bonds is 5. The number of nitrogens with zero attached hydrogens (tertiary/aromatic N) is 3. The molecule has 3 aliphatic rings. The highest BCUT2D eigenvalue weighted by Crippen LogP contribution is 2.35. The molecule has 0 unspecified atom stereocenters. The van der Waals surface area contributed by atoms with E-state index < -0.39 is 15.7 Å². The summed E-state index contributed by atoms with van der Waals surface area (Å²) in [5.41, 5.74) is 1.40. The third-order valence-electron chi connectivity index (χ3n) is 5.08. The van der Waals surface area contributed by atoms with E-state index in [0.717, 1.165) is 28.6 Å². The Hall–Kier alpha value is -3.84. The summed E-state index contributed by atoms with van der Waals surface area (Å²) in [6, 6.07) is 10.6. The first kappa shape index (κ1) is 22.9. The summed E-state index contributed by atoms with van der Waals surface area (Å²) < 4.78 is 45.4. The second kappa shape index (κ2) is 8.74. The number of fused-ring (bicyclic) bond motifs is 2. The Kier molecular flexibility index (Phi) is 5.73. The molecule has 11 nitrogen and oxygen atoms in total. The fourth-order valence-electron chi connectivity index (χ4n) is 3.38. The van der Waals surface area contributed by atoms with Gasteiger partial charge in [-0.2, -0.15) is 10.0 Å². The number of aliphatic imine (C=N–C) groups is 1. The van der Waals surface area contributed by atoms with Gasteiger partial charge in [-0.25, -0.2) is 8.42 Å². The normalized spacial score (nSPS) is 17.9. The number of amides is 1. The van der Waals surface area contributed by atoms with E-state index in [1.807, 2.05) is 18.2 Å². The Labute approximate surface area is 204 Å². The largest absolute Gasteiger partial charge is 0.493 e. The molecule has 0 bridgehead atoms. The highest BCUT2D eigenvalue weighted by Gasteiger charge is 2.38. The standard InChI is InChI=1S/C22H18N4O7S2/c1-30-17-8-12(3-5-15(17)31-10-13-4-6-16-18(9-13)33-11-32-16)7-14-19(23)26-21(24-20(14)27)34-22(25-26)35(2,28)29/h3-9,23H,10-11H2,1-2H3/b14-7-,23-19?. The van der Waals surface area contributed by atoms with Gasteiger partial charge in [0, 0.05) is 6.26 Å². The lowest BCUT2D eigenvalue weighted by Crippen LogP contribution is -2.35. The average molecular weight is 515 g/mol. The average Bonchev–Trinajstić information content (AvgIpc) is 3.47. The van der Waals surface area contributed by atoms with E-state index in [-0.39, 0.29) is 34.4 Å². The molecule has 180 valence electrons. The molecule has 1 amide bonds. The number of hydrogen-bond acceptors (Lipinski definition) is 10. The molecule has 3 heterocycles. The van der Waals surface area contributed by atoms with Gasteiger partial charge < -0.3 is 18.9 Å². The number of ether oxygens (including phenoxy) is 4. The van der Waals surface area contributed by atoms with E-state index >= 15 is 0 Å². The van der Waals surface area contributed by atoms with Gasteiger partial charge >= 0.3 is 0 Å². The smallest absolute Gasteiger partial charge is 0.283 e. The molecule has 2 aromatic carbocycles. The minimum Gasteiger partial charge on any atom is -0.493 e. The van der Waals surface area contributed by atoms with Gasteiger partial charge in [-0.3, -0.25) is 10.2 Å². The van der Waals surface area contributed by atoms with Gasteiger partial charge in [0.2, 0.25) is 26.2 Å². The Balaban J connectivity index is 1.36. The van der Waals surface area contributed by atoms with Crippen molar-refractivity contribution >= 4 is 49.0 Å². The topological polar surface area (TPSA) is 140 Å². The number of sulfone groups is 1. The van der Waals surface area contributed by atoms with Gasteiger partial charge in [0.15, 0.2) is 28.8 Å². The van der Waals surface area contributed by atoms with Crippen molar-refractivity contribution in [3.8, 4) is 23.0 Å². The predicted octanol–water partition coefficient (Wildman–Crippen LogP) is 2.62. The molecule has 5 rings (SSSR count). The third-order valence-corrected chi connectivity index (χ3v) is 7.66. The van der Waals surface area contributed by atoms with Crippen LogP contribution < -0.4 is 18.9 Å². The van der Waals surface area contributed by atoms with Gasteiger partial charge in [-0.05, 0) is 53.2 Å². The summed E-state index contributed by atoms with van der Waals surface area (Å²) in [7, 11) is -2.11. The molecule has 0 saturated carbocycles. The molecule has 3 aliphatic heterocycles. The van der Waals surface area contributed by atoms with Crippen LogP contribution in [0.2, 0.25) is 0 Å². The molecule has 0 atom stereocenters. The van der Waals surface area contributed by atoms with E-state index in [0.29, 0.717) is 28.6 Å². The Morgan fingerprint density at radius 1 is 1.17 bits per heavy atom. The molecule has 0 saturated heterocycles. The number of thioether (sulfide) groups is 1. The zero-order valence-corrected chi connectivity index (χ0v) is 20.1. The molecular formula is C22H18N4O7S2. The Morgan fingerprint density at radius 2 is 1.97 bits per heavy atom. The number of benzene rings is 2. The minimum atomic E-state index is -3.60. The van der Waals surface area contributed by atoms with Crippen LogP contribution in [0.15, 0.2) is 52.1 Å². The van der Waals surface area contributed by atoms with Crippen LogP contribution in [-0.2, 0) is 21.2 Å². The molecule has 0 aliphatic carbocycles. The van der Waals surface area contributed by atoms with E-state index in [1.54, 1.807) is 18.2 Å². The van der Waals surface area contributed by atoms with Gasteiger partial charge in [-0.15, -0.1) is 5.10 Å². The molecule has 13 heteroatoms. The van der Waals surface area contributed by atoms with Gasteiger partial charge in [-0.1, -0.05) is 12.1 Å². The summed E-state index contributed by atoms with van der Waals surface area (Å²) in [6.07, 6.45) is 2.47. The molecule has 0 radical (unpaired) electrons. The van der Waals surface area contributed by atoms with E-state index in [4.69, 9.17) is 24.4 Å². The Bertz CT molecular complexity index is 1460. The fourth-order valence-corrected chi connectivity index (χ4v) is 5.06. The number of methoxy groups -OCH3 is 1. The predicted molar refractivity (Wildman–Crippen MR) is 130 cm³/mol. The van der Waals surface area contributed by atoms with Crippen molar-refractivity contribution < 1.29 is 32.2 Å². The van der Waals surface area contributed by atoms with Crippen LogP contribution in [-0.4, -0.2) is 54.9 Å². The third kappa shape index (κ3) is 4.47. The zero-order valence-electron chi connectivity index (χ0n) is 18.5. The van der Waals surface area contributed by atoms with E-state index in [2.05, 4.69) is 10.1 Å². The number of hydrazone groups is 1. The van der Waals surface area contributed by atoms with Crippen LogP contribution in [0.3, 0.4) is 0 Å². The first-order chi connectivity index (χ1) is 16.7. The van der Waals surface area contributed by atoms with Crippen LogP contribution in [0.1, 0.15) is 11.1 Å². The van der Waals surface area contributed by atoms with Crippen LogP contribution in [0, 0.1) is 5.41 Å². The summed E-state index contributed by atoms with van der Waals surface area (Å²) in [4.78, 5) is 16.4. The summed E-state index contributed by atoms with van der Waals surface area (Å²) in [5.74, 6) is 1.32. The molecule has 0 aromatic heterocycles. The molecule has 0 fully saturated rings. The quantitative estimate of drug-likeness (QED) is 0.596. The van der Waals surface area contributed by atoms with Gasteiger partial charge in [0.1, 0.15) is 6.61 Å². The lowest BCUT2D eigenvalue weighted by Gasteiger charge is -2.20. The van der Waals surface area contributed by atoms with Crippen molar-refractivity contribution in [1.82, 2.24) is 5.01 Å². The number of hydrogen-bond donors (Lipinski definition) is 1. The second-order valence-corrected chi connectivity index (χ2v) is 10.7. The van der Waals surface area contributed by atoms with Gasteiger partial charge in [0.05, 0.1) is 12.7 Å². The summed E-state index contributed by atoms with van der Waals surface area (Å²) in [6.45, 7) is 0.459. The first-order valence-corrected chi connectivity index (χ1v) is 12.8. The summed E-state index contributed by atoms with van der Waals surface area (Å²) in [5, 5.41) is 13.4. The molecule has 2 aromatic rings. The fraction of sp³-hybridized carbons (Fsp3) is 0.182. The lowest BCUT2D eigenvalue weighted by atomic mass is 10.1. The van der Waals surface area contributed by atoms with Crippen LogP contribution in [0.5, 0.6) is 23.0 Å². The van der Waals surface area contributed by atoms with Crippen molar-refractivity contribution in [2.24, 2.45) is 10.1 Å². The number of carbonyl (C=O) groups is 1. The van der Waals surface area contributed by atoms with Crippen molar-refractivity contribution in [2.45, 2.75) is 6.61 Å². The maximum Gasteiger partial charge on any atom is 0.283 e. The monoisotopic (exact) mass is 514 g/mol. The lowest BCUT2D eigenvalue weighted by molar-refractivity contribution is -0.114. The van der Waals surface area contributed by atoms with Crippen molar-refractivity contribution in [3.63, 3.8) is 0 Å². The zero-order chi connectivity index (χ0) is 24.7. The first-order valence-electron chi connectivity index (χ1n) is 10.1. The molecular weight excluding hydrogens is 496 g/mol. The second-order valence-electron chi connectivity index (χ2n) is 7.54. The Morgan fingerprint density at radius 3 is 2.74 bits per heavy atom. The van der Waals surface area contributed by atoms with Crippen molar-refractivity contribution in [1.29, 1.82) is 5.41 Å². The maximum absolute atomic E-state index is 12.6. The SMILES string of the molecule is COc1cc(/C=C2/C(=N)N3N=C(S(C)(=O)=O)SC3=NC2=O)ccc1OCc1ccc2c(c1)OCO2. The van der Waals surface area contributed by atoms with Crippen LogP contribution in [0.4, 0.5) is 0 Å². The van der Waals surface area contributed by atoms with E-state index in [9.17, 15) is 13.2 Å². The molecule has 35 heavy (non-hydrogen) atoms. The molecule has 0 spiro atoms.